The monoisotopic (exact) mass is 508 g/mol. The maximum atomic E-state index is 4.98. The quantitative estimate of drug-likeness (QED) is 0.359. The molecule has 1 heterocycles. The SMILES string of the molecule is CC/C=C\C=C/C(C)C1c2ccccc2C2CC(CNc3nc(/C4=C/C=C\C/C=C\C=C/C4)cs3)C21C. The van der Waals surface area contributed by atoms with Crippen LogP contribution in [-0.2, 0) is 0 Å². The van der Waals surface area contributed by atoms with Crippen molar-refractivity contribution in [1.29, 1.82) is 0 Å². The van der Waals surface area contributed by atoms with Gasteiger partial charge in [-0.2, -0.15) is 0 Å². The summed E-state index contributed by atoms with van der Waals surface area (Å²) in [5.41, 5.74) is 5.80. The number of fused-ring (bicyclic) bond motifs is 3. The van der Waals surface area contributed by atoms with Gasteiger partial charge in [0.25, 0.3) is 0 Å². The fourth-order valence-corrected chi connectivity index (χ4v) is 7.50. The molecular weight excluding hydrogens is 468 g/mol. The summed E-state index contributed by atoms with van der Waals surface area (Å²) < 4.78 is 0. The van der Waals surface area contributed by atoms with E-state index in [0.717, 1.165) is 36.6 Å². The van der Waals surface area contributed by atoms with Crippen LogP contribution < -0.4 is 5.32 Å². The van der Waals surface area contributed by atoms with E-state index in [1.54, 1.807) is 22.5 Å². The molecule has 3 aliphatic rings. The number of thiazole rings is 1. The van der Waals surface area contributed by atoms with Crippen molar-refractivity contribution in [2.75, 3.05) is 11.9 Å². The summed E-state index contributed by atoms with van der Waals surface area (Å²) in [6, 6.07) is 9.22. The van der Waals surface area contributed by atoms with Crippen molar-refractivity contribution in [3.05, 3.63) is 113 Å². The maximum absolute atomic E-state index is 4.98. The second-order valence-electron chi connectivity index (χ2n) is 10.9. The van der Waals surface area contributed by atoms with Gasteiger partial charge in [0, 0.05) is 11.9 Å². The van der Waals surface area contributed by atoms with Gasteiger partial charge in [-0.1, -0.05) is 112 Å². The van der Waals surface area contributed by atoms with Crippen molar-refractivity contribution < 1.29 is 0 Å². The summed E-state index contributed by atoms with van der Waals surface area (Å²) in [6.07, 6.45) is 28.5. The Kier molecular flexibility index (Phi) is 8.10. The molecule has 0 amide bonds. The molecular formula is C34H40N2S. The molecule has 37 heavy (non-hydrogen) atoms. The van der Waals surface area contributed by atoms with Gasteiger partial charge in [0.1, 0.15) is 0 Å². The highest BCUT2D eigenvalue weighted by atomic mass is 32.1. The topological polar surface area (TPSA) is 24.9 Å². The number of hydrogen-bond donors (Lipinski definition) is 1. The van der Waals surface area contributed by atoms with Crippen LogP contribution >= 0.6 is 11.3 Å². The highest BCUT2D eigenvalue weighted by molar-refractivity contribution is 7.13. The van der Waals surface area contributed by atoms with E-state index in [1.807, 2.05) is 0 Å². The highest BCUT2D eigenvalue weighted by Gasteiger charge is 2.61. The first-order chi connectivity index (χ1) is 18.1. The van der Waals surface area contributed by atoms with Crippen molar-refractivity contribution >= 4 is 22.0 Å². The van der Waals surface area contributed by atoms with Gasteiger partial charge in [-0.3, -0.25) is 0 Å². The normalized spacial score (nSPS) is 31.6. The molecule has 1 aromatic heterocycles. The Morgan fingerprint density at radius 2 is 1.92 bits per heavy atom. The second kappa shape index (κ2) is 11.6. The van der Waals surface area contributed by atoms with Gasteiger partial charge in [0.05, 0.1) is 5.69 Å². The van der Waals surface area contributed by atoms with Crippen molar-refractivity contribution in [2.45, 2.75) is 58.3 Å². The summed E-state index contributed by atoms with van der Waals surface area (Å²) in [4.78, 5) is 4.98. The Hall–Kier alpha value is -2.91. The number of benzene rings is 1. The molecule has 0 bridgehead atoms. The summed E-state index contributed by atoms with van der Waals surface area (Å²) in [6.45, 7) is 8.13. The molecule has 1 saturated carbocycles. The molecule has 5 atom stereocenters. The minimum absolute atomic E-state index is 0.275. The van der Waals surface area contributed by atoms with Gasteiger partial charge >= 0.3 is 0 Å². The Bertz CT molecular complexity index is 1260. The first kappa shape index (κ1) is 25.7. The predicted octanol–water partition coefficient (Wildman–Crippen LogP) is 9.47. The van der Waals surface area contributed by atoms with Gasteiger partial charge in [0.15, 0.2) is 5.13 Å². The number of aromatic nitrogens is 1. The van der Waals surface area contributed by atoms with Gasteiger partial charge in [-0.25, -0.2) is 4.98 Å². The third-order valence-electron chi connectivity index (χ3n) is 8.71. The first-order valence-corrected chi connectivity index (χ1v) is 14.8. The molecule has 192 valence electrons. The average molecular weight is 509 g/mol. The van der Waals surface area contributed by atoms with Crippen LogP contribution in [0, 0.1) is 17.3 Å². The zero-order valence-corrected chi connectivity index (χ0v) is 23.3. The van der Waals surface area contributed by atoms with Gasteiger partial charge in [-0.05, 0) is 71.5 Å². The van der Waals surface area contributed by atoms with E-state index in [2.05, 4.69) is 123 Å². The van der Waals surface area contributed by atoms with Crippen LogP contribution in [0.1, 0.15) is 75.1 Å². The largest absolute Gasteiger partial charge is 0.361 e. The van der Waals surface area contributed by atoms with Crippen LogP contribution in [-0.4, -0.2) is 11.5 Å². The lowest BCUT2D eigenvalue weighted by atomic mass is 9.49. The maximum Gasteiger partial charge on any atom is 0.183 e. The summed E-state index contributed by atoms with van der Waals surface area (Å²) in [5.74, 6) is 2.35. The molecule has 5 unspecified atom stereocenters. The molecule has 0 spiro atoms. The van der Waals surface area contributed by atoms with E-state index >= 15 is 0 Å². The molecule has 0 saturated heterocycles. The third kappa shape index (κ3) is 5.25. The minimum Gasteiger partial charge on any atom is -0.361 e. The van der Waals surface area contributed by atoms with E-state index in [0.29, 0.717) is 23.7 Å². The van der Waals surface area contributed by atoms with Crippen LogP contribution in [0.15, 0.2) is 96.5 Å². The molecule has 2 nitrogen and oxygen atoms in total. The molecule has 1 N–H and O–H groups in total. The number of nitrogens with zero attached hydrogens (tertiary/aromatic N) is 1. The minimum atomic E-state index is 0.275. The molecule has 0 radical (unpaired) electrons. The Morgan fingerprint density at radius 3 is 2.78 bits per heavy atom. The molecule has 1 fully saturated rings. The molecule has 3 heteroatoms. The van der Waals surface area contributed by atoms with Crippen LogP contribution in [0.3, 0.4) is 0 Å². The number of rotatable bonds is 8. The van der Waals surface area contributed by atoms with E-state index in [-0.39, 0.29) is 5.41 Å². The zero-order chi connectivity index (χ0) is 25.7. The van der Waals surface area contributed by atoms with E-state index in [1.165, 1.54) is 12.0 Å². The lowest BCUT2D eigenvalue weighted by molar-refractivity contribution is 0.00162. The molecule has 2 aromatic rings. The van der Waals surface area contributed by atoms with Gasteiger partial charge < -0.3 is 5.32 Å². The van der Waals surface area contributed by atoms with Crippen LogP contribution in [0.25, 0.3) is 5.57 Å². The molecule has 0 aliphatic heterocycles. The summed E-state index contributed by atoms with van der Waals surface area (Å²) >= 11 is 1.73. The molecule has 1 aromatic carbocycles. The van der Waals surface area contributed by atoms with Gasteiger partial charge in [-0.15, -0.1) is 11.3 Å². The zero-order valence-electron chi connectivity index (χ0n) is 22.4. The fourth-order valence-electron chi connectivity index (χ4n) is 6.76. The Labute approximate surface area is 227 Å². The Balaban J connectivity index is 1.30. The number of nitrogens with one attached hydrogen (secondary N) is 1. The Morgan fingerprint density at radius 1 is 1.11 bits per heavy atom. The molecule has 3 aliphatic carbocycles. The summed E-state index contributed by atoms with van der Waals surface area (Å²) in [5, 5.41) is 6.99. The van der Waals surface area contributed by atoms with Crippen LogP contribution in [0.2, 0.25) is 0 Å². The number of hydrogen-bond acceptors (Lipinski definition) is 3. The lowest BCUT2D eigenvalue weighted by Crippen LogP contribution is -2.49. The smallest absolute Gasteiger partial charge is 0.183 e. The van der Waals surface area contributed by atoms with E-state index in [4.69, 9.17) is 4.98 Å². The second-order valence-corrected chi connectivity index (χ2v) is 11.7. The predicted molar refractivity (Wildman–Crippen MR) is 161 cm³/mol. The van der Waals surface area contributed by atoms with Gasteiger partial charge in [0.2, 0.25) is 0 Å². The average Bonchev–Trinajstić information content (AvgIpc) is 3.45. The van der Waals surface area contributed by atoms with Crippen LogP contribution in [0.5, 0.6) is 0 Å². The lowest BCUT2D eigenvalue weighted by Gasteiger charge is -2.55. The van der Waals surface area contributed by atoms with E-state index in [9.17, 15) is 0 Å². The fraction of sp³-hybridized carbons (Fsp3) is 0.382. The van der Waals surface area contributed by atoms with Crippen molar-refractivity contribution in [3.63, 3.8) is 0 Å². The summed E-state index contributed by atoms with van der Waals surface area (Å²) in [7, 11) is 0. The first-order valence-electron chi connectivity index (χ1n) is 13.9. The van der Waals surface area contributed by atoms with Crippen molar-refractivity contribution in [3.8, 4) is 0 Å². The van der Waals surface area contributed by atoms with E-state index < -0.39 is 0 Å². The van der Waals surface area contributed by atoms with Crippen molar-refractivity contribution in [1.82, 2.24) is 4.98 Å². The number of anilines is 1. The highest BCUT2D eigenvalue weighted by Crippen LogP contribution is 2.70. The van der Waals surface area contributed by atoms with Crippen molar-refractivity contribution in [2.24, 2.45) is 17.3 Å². The van der Waals surface area contributed by atoms with Crippen LogP contribution in [0.4, 0.5) is 5.13 Å². The standard InChI is InChI=1S/C34H40N2S/c1-4-5-6-12-17-25(2)32-29-21-16-15-20-28(29)30-22-27(34(30,32)3)23-35-33-36-31(24-37-33)26-18-13-10-8-7-9-11-14-19-26/h5-8,10-17,19-21,24-25,27,30,32H,4,9,18,22-23H2,1-3H3,(H,35,36)/b6-5-,8-7-,13-10-,14-11-,17-12-,26-19+. The molecule has 5 rings (SSSR count). The number of allylic oxidation sites excluding steroid dienone is 12. The third-order valence-corrected chi connectivity index (χ3v) is 9.51.